The summed E-state index contributed by atoms with van der Waals surface area (Å²) in [6.07, 6.45) is 3.14. The molecule has 2 aromatic heterocycles. The van der Waals surface area contributed by atoms with E-state index in [4.69, 9.17) is 4.98 Å². The van der Waals surface area contributed by atoms with Crippen LogP contribution in [0.1, 0.15) is 59.9 Å². The van der Waals surface area contributed by atoms with E-state index in [1.165, 1.54) is 0 Å². The van der Waals surface area contributed by atoms with E-state index in [1.54, 1.807) is 11.1 Å². The van der Waals surface area contributed by atoms with Crippen LogP contribution >= 0.6 is 0 Å². The number of imidazole rings is 1. The zero-order valence-electron chi connectivity index (χ0n) is 20.2. The minimum Gasteiger partial charge on any atom is -0.337 e. The summed E-state index contributed by atoms with van der Waals surface area (Å²) in [5, 5.41) is 10.1. The Hall–Kier alpha value is -3.36. The highest BCUT2D eigenvalue weighted by Gasteiger charge is 2.49. The predicted molar refractivity (Wildman–Crippen MR) is 130 cm³/mol. The predicted octanol–water partition coefficient (Wildman–Crippen LogP) is 4.64. The lowest BCUT2D eigenvalue weighted by molar-refractivity contribution is -0.123. The van der Waals surface area contributed by atoms with Crippen LogP contribution in [0.25, 0.3) is 22.6 Å². The average molecular weight is 452 g/mol. The molecule has 0 spiro atoms. The van der Waals surface area contributed by atoms with Crippen molar-refractivity contribution in [2.75, 3.05) is 23.3 Å². The van der Waals surface area contributed by atoms with Crippen LogP contribution < -0.4 is 10.2 Å². The second-order valence-electron chi connectivity index (χ2n) is 8.78. The second-order valence-corrected chi connectivity index (χ2v) is 8.78. The number of nitrogens with zero attached hydrogens (tertiary/aromatic N) is 4. The molecule has 0 saturated carbocycles. The first kappa shape index (κ1) is 22.8. The van der Waals surface area contributed by atoms with Crippen molar-refractivity contribution in [2.24, 2.45) is 0 Å². The summed E-state index contributed by atoms with van der Waals surface area (Å²) in [6.45, 7) is 13.3. The fraction of sp³-hybridized carbons (Fsp3) is 0.500. The molecule has 1 aliphatic rings. The van der Waals surface area contributed by atoms with Gasteiger partial charge in [-0.05, 0) is 58.2 Å². The van der Waals surface area contributed by atoms with Crippen LogP contribution in [-0.4, -0.2) is 56.1 Å². The van der Waals surface area contributed by atoms with Crippen LogP contribution in [0.4, 0.5) is 16.2 Å². The number of aromatic amines is 2. The molecular formula is C24H33N7O2. The number of anilines is 2. The summed E-state index contributed by atoms with van der Waals surface area (Å²) < 4.78 is 0. The summed E-state index contributed by atoms with van der Waals surface area (Å²) >= 11 is 0. The Morgan fingerprint density at radius 2 is 1.88 bits per heavy atom. The van der Waals surface area contributed by atoms with E-state index in [0.29, 0.717) is 30.3 Å². The summed E-state index contributed by atoms with van der Waals surface area (Å²) in [5.41, 5.74) is 4.17. The molecule has 0 atom stereocenters. The molecule has 33 heavy (non-hydrogen) atoms. The Kier molecular flexibility index (Phi) is 5.90. The molecule has 0 radical (unpaired) electrons. The summed E-state index contributed by atoms with van der Waals surface area (Å²) in [5.74, 6) is 0.727. The molecule has 0 unspecified atom stereocenters. The van der Waals surface area contributed by atoms with Gasteiger partial charge in [-0.2, -0.15) is 5.10 Å². The number of benzene rings is 1. The minimum absolute atomic E-state index is 0.0559. The maximum Gasteiger partial charge on any atom is 0.321 e. The molecule has 0 aliphatic carbocycles. The van der Waals surface area contributed by atoms with Gasteiger partial charge in [0, 0.05) is 25.3 Å². The number of aromatic nitrogens is 4. The van der Waals surface area contributed by atoms with Crippen LogP contribution in [-0.2, 0) is 10.2 Å². The number of H-pyrrole nitrogens is 2. The van der Waals surface area contributed by atoms with Gasteiger partial charge < -0.3 is 20.1 Å². The van der Waals surface area contributed by atoms with E-state index < -0.39 is 5.41 Å². The number of hydrogen-bond donors (Lipinski definition) is 3. The third-order valence-electron chi connectivity index (χ3n) is 6.88. The number of fused-ring (bicyclic) bond motifs is 2. The van der Waals surface area contributed by atoms with Crippen LogP contribution in [0, 0.1) is 0 Å². The van der Waals surface area contributed by atoms with E-state index >= 15 is 0 Å². The molecule has 0 fully saturated rings. The average Bonchev–Trinajstić information content (AvgIpc) is 3.47. The van der Waals surface area contributed by atoms with Gasteiger partial charge in [-0.25, -0.2) is 9.78 Å². The molecule has 3 N–H and O–H groups in total. The minimum atomic E-state index is -0.520. The topological polar surface area (TPSA) is 110 Å². The summed E-state index contributed by atoms with van der Waals surface area (Å²) in [7, 11) is 0. The lowest BCUT2D eigenvalue weighted by Crippen LogP contribution is -2.42. The van der Waals surface area contributed by atoms with E-state index in [-0.39, 0.29) is 18.0 Å². The molecule has 1 aromatic carbocycles. The molecule has 0 bridgehead atoms. The van der Waals surface area contributed by atoms with Gasteiger partial charge >= 0.3 is 6.03 Å². The van der Waals surface area contributed by atoms with Gasteiger partial charge in [-0.1, -0.05) is 13.8 Å². The first-order valence-corrected chi connectivity index (χ1v) is 11.8. The standard InChI is InChI=1S/C24H33N7O2/c1-7-24(8-2)15-11-16-17(12-19(15)31(14(5)6)22(24)32)27-21(26-16)20-18(13-25-29-20)28-23(33)30(9-3)10-4/h11-14H,7-10H2,1-6H3,(H,25,29)(H,26,27)(H,28,33). The summed E-state index contributed by atoms with van der Waals surface area (Å²) in [6, 6.07) is 3.94. The van der Waals surface area contributed by atoms with Crippen LogP contribution in [0.2, 0.25) is 0 Å². The third kappa shape index (κ3) is 3.46. The second kappa shape index (κ2) is 8.53. The molecule has 3 heterocycles. The third-order valence-corrected chi connectivity index (χ3v) is 6.88. The van der Waals surface area contributed by atoms with Gasteiger partial charge in [0.25, 0.3) is 0 Å². The number of carbonyl (C=O) groups is 2. The quantitative estimate of drug-likeness (QED) is 0.486. The number of hydrogen-bond acceptors (Lipinski definition) is 4. The Balaban J connectivity index is 1.78. The van der Waals surface area contributed by atoms with Crippen molar-refractivity contribution in [3.05, 3.63) is 23.9 Å². The molecule has 9 nitrogen and oxygen atoms in total. The Morgan fingerprint density at radius 1 is 1.18 bits per heavy atom. The molecule has 3 amide bonds. The van der Waals surface area contributed by atoms with Gasteiger partial charge in [-0.3, -0.25) is 9.89 Å². The van der Waals surface area contributed by atoms with Crippen molar-refractivity contribution in [1.82, 2.24) is 25.1 Å². The van der Waals surface area contributed by atoms with Crippen molar-refractivity contribution in [3.8, 4) is 11.5 Å². The van der Waals surface area contributed by atoms with Crippen molar-refractivity contribution >= 4 is 34.3 Å². The number of amides is 3. The molecule has 3 aromatic rings. The van der Waals surface area contributed by atoms with Crippen molar-refractivity contribution in [1.29, 1.82) is 0 Å². The van der Waals surface area contributed by atoms with Gasteiger partial charge in [-0.15, -0.1) is 0 Å². The monoisotopic (exact) mass is 451 g/mol. The SMILES string of the molecule is CCN(CC)C(=O)Nc1c[nH]nc1-c1nc2cc3c(cc2[nH]1)C(CC)(CC)C(=O)N3C(C)C. The highest BCUT2D eigenvalue weighted by atomic mass is 16.2. The van der Waals surface area contributed by atoms with Crippen LogP contribution in [0.5, 0.6) is 0 Å². The highest BCUT2D eigenvalue weighted by molar-refractivity contribution is 6.10. The maximum absolute atomic E-state index is 13.4. The molecule has 4 rings (SSSR count). The molecule has 0 saturated heterocycles. The fourth-order valence-corrected chi connectivity index (χ4v) is 4.91. The number of rotatable bonds is 7. The van der Waals surface area contributed by atoms with Crippen LogP contribution in [0.15, 0.2) is 18.3 Å². The lowest BCUT2D eigenvalue weighted by atomic mass is 9.77. The Labute approximate surface area is 193 Å². The molecule has 176 valence electrons. The van der Waals surface area contributed by atoms with Crippen molar-refractivity contribution in [2.45, 2.75) is 65.8 Å². The molecule has 9 heteroatoms. The molecule has 1 aliphatic heterocycles. The van der Waals surface area contributed by atoms with Crippen molar-refractivity contribution < 1.29 is 9.59 Å². The highest BCUT2D eigenvalue weighted by Crippen LogP contribution is 2.48. The number of urea groups is 1. The first-order chi connectivity index (χ1) is 15.8. The zero-order chi connectivity index (χ0) is 23.9. The van der Waals surface area contributed by atoms with Crippen LogP contribution in [0.3, 0.4) is 0 Å². The number of nitrogens with one attached hydrogen (secondary N) is 3. The Bertz CT molecular complexity index is 1180. The summed E-state index contributed by atoms with van der Waals surface area (Å²) in [4.78, 5) is 37.7. The van der Waals surface area contributed by atoms with E-state index in [0.717, 1.165) is 35.1 Å². The smallest absolute Gasteiger partial charge is 0.321 e. The maximum atomic E-state index is 13.4. The van der Waals surface area contributed by atoms with Crippen molar-refractivity contribution in [3.63, 3.8) is 0 Å². The largest absolute Gasteiger partial charge is 0.337 e. The van der Waals surface area contributed by atoms with Gasteiger partial charge in [0.1, 0.15) is 0 Å². The Morgan fingerprint density at radius 3 is 2.48 bits per heavy atom. The van der Waals surface area contributed by atoms with Gasteiger partial charge in [0.2, 0.25) is 5.91 Å². The fourth-order valence-electron chi connectivity index (χ4n) is 4.91. The van der Waals surface area contributed by atoms with E-state index in [9.17, 15) is 9.59 Å². The van der Waals surface area contributed by atoms with E-state index in [2.05, 4.69) is 40.4 Å². The number of carbonyl (C=O) groups excluding carboxylic acids is 2. The first-order valence-electron chi connectivity index (χ1n) is 11.8. The van der Waals surface area contributed by atoms with Gasteiger partial charge in [0.15, 0.2) is 11.5 Å². The lowest BCUT2D eigenvalue weighted by Gasteiger charge is -2.27. The van der Waals surface area contributed by atoms with E-state index in [1.807, 2.05) is 38.7 Å². The molecular weight excluding hydrogens is 418 g/mol. The normalized spacial score (nSPS) is 14.9. The van der Waals surface area contributed by atoms with Gasteiger partial charge in [0.05, 0.1) is 27.8 Å². The zero-order valence-corrected chi connectivity index (χ0v) is 20.2.